The molecular weight excluding hydrogens is 288 g/mol. The summed E-state index contributed by atoms with van der Waals surface area (Å²) in [6.07, 6.45) is 4.95. The van der Waals surface area contributed by atoms with Crippen molar-refractivity contribution in [1.82, 2.24) is 25.0 Å². The average Bonchev–Trinajstić information content (AvgIpc) is 3.01. The van der Waals surface area contributed by atoms with Gasteiger partial charge in [0.15, 0.2) is 0 Å². The molecule has 1 aromatic carbocycles. The van der Waals surface area contributed by atoms with Crippen LogP contribution in [0.25, 0.3) is 16.9 Å². The first-order valence-corrected chi connectivity index (χ1v) is 8.14. The Morgan fingerprint density at radius 1 is 1.29 bits per heavy atom. The largest absolute Gasteiger partial charge is 0.368 e. The minimum Gasteiger partial charge on any atom is -0.368 e. The number of nitrogens with one attached hydrogen (secondary N) is 1. The number of hydrogen-bond acceptors (Lipinski definition) is 6. The molecule has 3 aromatic rings. The zero-order valence-corrected chi connectivity index (χ0v) is 12.2. The third-order valence-corrected chi connectivity index (χ3v) is 3.68. The summed E-state index contributed by atoms with van der Waals surface area (Å²) in [7, 11) is -0.841. The van der Waals surface area contributed by atoms with Crippen LogP contribution in [0.5, 0.6) is 0 Å². The van der Waals surface area contributed by atoms with Crippen molar-refractivity contribution in [2.75, 3.05) is 23.9 Å². The van der Waals surface area contributed by atoms with Crippen LogP contribution in [0.1, 0.15) is 0 Å². The van der Waals surface area contributed by atoms with E-state index in [1.807, 2.05) is 24.3 Å². The van der Waals surface area contributed by atoms with Gasteiger partial charge in [0.2, 0.25) is 0 Å². The van der Waals surface area contributed by atoms with E-state index in [4.69, 9.17) is 0 Å². The number of anilines is 1. The highest BCUT2D eigenvalue weighted by Crippen LogP contribution is 2.20. The molecule has 0 fully saturated rings. The lowest BCUT2D eigenvalue weighted by Crippen LogP contribution is -2.13. The summed E-state index contributed by atoms with van der Waals surface area (Å²) in [6.45, 7) is 0.584. The van der Waals surface area contributed by atoms with Crippen LogP contribution in [0.15, 0.2) is 36.7 Å². The van der Waals surface area contributed by atoms with E-state index in [0.717, 1.165) is 10.9 Å². The van der Waals surface area contributed by atoms with E-state index in [9.17, 15) is 4.21 Å². The van der Waals surface area contributed by atoms with Gasteiger partial charge in [-0.05, 0) is 12.1 Å². The minimum absolute atomic E-state index is 0.450. The summed E-state index contributed by atoms with van der Waals surface area (Å²) >= 11 is 0. The summed E-state index contributed by atoms with van der Waals surface area (Å²) < 4.78 is 12.7. The van der Waals surface area contributed by atoms with Gasteiger partial charge in [0.1, 0.15) is 5.82 Å². The molecule has 21 heavy (non-hydrogen) atoms. The Balaban J connectivity index is 2.01. The first kappa shape index (κ1) is 13.6. The van der Waals surface area contributed by atoms with Crippen molar-refractivity contribution in [1.29, 1.82) is 0 Å². The Bertz CT molecular complexity index is 773. The van der Waals surface area contributed by atoms with Crippen LogP contribution >= 0.6 is 0 Å². The van der Waals surface area contributed by atoms with Gasteiger partial charge in [0.25, 0.3) is 5.95 Å². The molecule has 1 atom stereocenters. The standard InChI is InChI=1S/C13H14N6OS/c1-21(20)9-7-14-12-10-4-2-3-5-11(10)16-13(17-12)19-8-6-15-18-19/h2-6,8H,7,9H2,1H3,(H,14,16,17). The maximum atomic E-state index is 11.2. The van der Waals surface area contributed by atoms with Gasteiger partial charge in [-0.3, -0.25) is 4.21 Å². The minimum atomic E-state index is -0.841. The molecule has 2 heterocycles. The highest BCUT2D eigenvalue weighted by Gasteiger charge is 2.09. The van der Waals surface area contributed by atoms with Crippen LogP contribution < -0.4 is 5.32 Å². The van der Waals surface area contributed by atoms with Gasteiger partial charge in [0.05, 0.1) is 17.9 Å². The zero-order valence-electron chi connectivity index (χ0n) is 11.4. The normalized spacial score (nSPS) is 12.4. The molecule has 1 unspecified atom stereocenters. The Labute approximate surface area is 123 Å². The molecule has 2 aromatic heterocycles. The van der Waals surface area contributed by atoms with Crippen LogP contribution in [0.2, 0.25) is 0 Å². The number of aromatic nitrogens is 5. The molecule has 7 nitrogen and oxygen atoms in total. The maximum absolute atomic E-state index is 11.2. The second-order valence-corrected chi connectivity index (χ2v) is 6.00. The smallest absolute Gasteiger partial charge is 0.254 e. The quantitative estimate of drug-likeness (QED) is 0.757. The molecule has 0 radical (unpaired) electrons. The van der Waals surface area contributed by atoms with Gasteiger partial charge in [0, 0.05) is 34.7 Å². The zero-order chi connectivity index (χ0) is 14.7. The number of para-hydroxylation sites is 1. The lowest BCUT2D eigenvalue weighted by molar-refractivity contribution is 0.687. The summed E-state index contributed by atoms with van der Waals surface area (Å²) in [5.41, 5.74) is 0.818. The van der Waals surface area contributed by atoms with Crippen molar-refractivity contribution >= 4 is 27.5 Å². The van der Waals surface area contributed by atoms with E-state index in [0.29, 0.717) is 24.1 Å². The van der Waals surface area contributed by atoms with Crippen LogP contribution in [0.3, 0.4) is 0 Å². The van der Waals surface area contributed by atoms with Crippen molar-refractivity contribution in [3.05, 3.63) is 36.7 Å². The van der Waals surface area contributed by atoms with E-state index < -0.39 is 10.8 Å². The molecule has 0 amide bonds. The van der Waals surface area contributed by atoms with Gasteiger partial charge < -0.3 is 5.32 Å². The molecule has 0 saturated carbocycles. The molecule has 0 spiro atoms. The van der Waals surface area contributed by atoms with Gasteiger partial charge in [-0.1, -0.05) is 17.3 Å². The number of hydrogen-bond donors (Lipinski definition) is 1. The first-order valence-electron chi connectivity index (χ1n) is 6.41. The van der Waals surface area contributed by atoms with Crippen LogP contribution in [0, 0.1) is 0 Å². The molecule has 0 aliphatic rings. The van der Waals surface area contributed by atoms with Crippen LogP contribution in [-0.4, -0.2) is 47.7 Å². The molecule has 1 N–H and O–H groups in total. The summed E-state index contributed by atoms with van der Waals surface area (Å²) in [6, 6.07) is 7.72. The molecule has 3 rings (SSSR count). The van der Waals surface area contributed by atoms with Crippen molar-refractivity contribution < 1.29 is 4.21 Å². The third-order valence-electron chi connectivity index (χ3n) is 2.90. The Hall–Kier alpha value is -2.35. The fourth-order valence-corrected chi connectivity index (χ4v) is 2.32. The Morgan fingerprint density at radius 3 is 2.90 bits per heavy atom. The monoisotopic (exact) mass is 302 g/mol. The maximum Gasteiger partial charge on any atom is 0.254 e. The molecule has 0 aliphatic carbocycles. The van der Waals surface area contributed by atoms with Crippen molar-refractivity contribution in [3.8, 4) is 5.95 Å². The summed E-state index contributed by atoms with van der Waals surface area (Å²) in [5, 5.41) is 11.8. The molecule has 108 valence electrons. The molecule has 8 heteroatoms. The van der Waals surface area contributed by atoms with E-state index in [-0.39, 0.29) is 0 Å². The van der Waals surface area contributed by atoms with Crippen molar-refractivity contribution in [2.24, 2.45) is 0 Å². The third kappa shape index (κ3) is 3.05. The van der Waals surface area contributed by atoms with Gasteiger partial charge >= 0.3 is 0 Å². The highest BCUT2D eigenvalue weighted by molar-refractivity contribution is 7.84. The van der Waals surface area contributed by atoms with Crippen molar-refractivity contribution in [2.45, 2.75) is 0 Å². The topological polar surface area (TPSA) is 85.6 Å². The first-order chi connectivity index (χ1) is 10.2. The lowest BCUT2D eigenvalue weighted by atomic mass is 10.2. The number of nitrogens with zero attached hydrogens (tertiary/aromatic N) is 5. The van der Waals surface area contributed by atoms with Crippen LogP contribution in [0.4, 0.5) is 5.82 Å². The van der Waals surface area contributed by atoms with E-state index >= 15 is 0 Å². The fraction of sp³-hybridized carbons (Fsp3) is 0.231. The predicted octanol–water partition coefficient (Wildman–Crippen LogP) is 1.00. The molecule has 0 bridgehead atoms. The van der Waals surface area contributed by atoms with Gasteiger partial charge in [-0.2, -0.15) is 9.67 Å². The number of rotatable bonds is 5. The van der Waals surface area contributed by atoms with Crippen molar-refractivity contribution in [3.63, 3.8) is 0 Å². The van der Waals surface area contributed by atoms with Gasteiger partial charge in [-0.25, -0.2) is 4.98 Å². The Morgan fingerprint density at radius 2 is 2.14 bits per heavy atom. The van der Waals surface area contributed by atoms with E-state index in [1.54, 1.807) is 18.6 Å². The van der Waals surface area contributed by atoms with E-state index in [1.165, 1.54) is 4.68 Å². The summed E-state index contributed by atoms with van der Waals surface area (Å²) in [5.74, 6) is 1.72. The molecule has 0 saturated heterocycles. The molecule has 0 aliphatic heterocycles. The average molecular weight is 302 g/mol. The Kier molecular flexibility index (Phi) is 3.87. The fourth-order valence-electron chi connectivity index (χ4n) is 1.93. The number of fused-ring (bicyclic) bond motifs is 1. The van der Waals surface area contributed by atoms with Gasteiger partial charge in [-0.15, -0.1) is 5.10 Å². The predicted molar refractivity (Wildman–Crippen MR) is 81.9 cm³/mol. The molecular formula is C13H14N6OS. The van der Waals surface area contributed by atoms with Crippen LogP contribution in [-0.2, 0) is 10.8 Å². The highest BCUT2D eigenvalue weighted by atomic mass is 32.2. The lowest BCUT2D eigenvalue weighted by Gasteiger charge is -2.09. The summed E-state index contributed by atoms with van der Waals surface area (Å²) in [4.78, 5) is 8.95. The SMILES string of the molecule is CS(=O)CCNc1nc(-n2ccnn2)nc2ccccc12. The van der Waals surface area contributed by atoms with E-state index in [2.05, 4.69) is 25.6 Å². The second kappa shape index (κ2) is 5.96. The second-order valence-electron chi connectivity index (χ2n) is 4.44. The number of benzene rings is 1.